The van der Waals surface area contributed by atoms with Crippen LogP contribution in [0.2, 0.25) is 0 Å². The van der Waals surface area contributed by atoms with Crippen molar-refractivity contribution in [3.05, 3.63) is 0 Å². The molecule has 90 valence electrons. The monoisotopic (exact) mass is 216 g/mol. The zero-order chi connectivity index (χ0) is 11.1. The summed E-state index contributed by atoms with van der Waals surface area (Å²) in [5.41, 5.74) is 0. The second kappa shape index (κ2) is 7.18. The highest BCUT2D eigenvalue weighted by molar-refractivity contribution is 4.85. The number of halogens is 1. The molecule has 0 amide bonds. The van der Waals surface area contributed by atoms with Crippen molar-refractivity contribution in [1.29, 1.82) is 0 Å². The molecule has 1 saturated heterocycles. The summed E-state index contributed by atoms with van der Waals surface area (Å²) < 4.78 is 12.4. The van der Waals surface area contributed by atoms with Crippen molar-refractivity contribution in [1.82, 2.24) is 10.2 Å². The van der Waals surface area contributed by atoms with Gasteiger partial charge in [-0.3, -0.25) is 4.90 Å². The summed E-state index contributed by atoms with van der Waals surface area (Å²) >= 11 is 0. The highest BCUT2D eigenvalue weighted by Gasteiger charge is 2.26. The Morgan fingerprint density at radius 2 is 2.00 bits per heavy atom. The van der Waals surface area contributed by atoms with E-state index in [4.69, 9.17) is 0 Å². The van der Waals surface area contributed by atoms with Crippen LogP contribution in [0.15, 0.2) is 0 Å². The maximum Gasteiger partial charge on any atom is 0.102 e. The van der Waals surface area contributed by atoms with Gasteiger partial charge in [-0.2, -0.15) is 0 Å². The molecule has 3 heteroatoms. The average Bonchev–Trinajstić information content (AvgIpc) is 2.23. The smallest absolute Gasteiger partial charge is 0.102 e. The molecule has 2 nitrogen and oxygen atoms in total. The SMILES string of the molecule is CCCC1CN(CCF)C(CCC)CN1. The largest absolute Gasteiger partial charge is 0.311 e. The highest BCUT2D eigenvalue weighted by Crippen LogP contribution is 2.14. The lowest BCUT2D eigenvalue weighted by Crippen LogP contribution is -2.56. The minimum absolute atomic E-state index is 0.209. The molecule has 0 bridgehead atoms. The van der Waals surface area contributed by atoms with Crippen LogP contribution in [0, 0.1) is 0 Å². The quantitative estimate of drug-likeness (QED) is 0.732. The van der Waals surface area contributed by atoms with E-state index >= 15 is 0 Å². The average molecular weight is 216 g/mol. The molecule has 1 heterocycles. The lowest BCUT2D eigenvalue weighted by Gasteiger charge is -2.40. The molecule has 0 aromatic carbocycles. The highest BCUT2D eigenvalue weighted by atomic mass is 19.1. The molecule has 0 saturated carbocycles. The Kier molecular flexibility index (Phi) is 6.18. The van der Waals surface area contributed by atoms with E-state index in [0.717, 1.165) is 13.1 Å². The van der Waals surface area contributed by atoms with Crippen LogP contribution < -0.4 is 5.32 Å². The zero-order valence-corrected chi connectivity index (χ0v) is 10.1. The van der Waals surface area contributed by atoms with Crippen LogP contribution in [0.25, 0.3) is 0 Å². The number of nitrogens with one attached hydrogen (secondary N) is 1. The van der Waals surface area contributed by atoms with Gasteiger partial charge in [-0.05, 0) is 12.8 Å². The van der Waals surface area contributed by atoms with Crippen molar-refractivity contribution in [2.75, 3.05) is 26.3 Å². The Morgan fingerprint density at radius 1 is 1.27 bits per heavy atom. The number of hydrogen-bond donors (Lipinski definition) is 1. The number of hydrogen-bond acceptors (Lipinski definition) is 2. The van der Waals surface area contributed by atoms with Crippen molar-refractivity contribution in [2.24, 2.45) is 0 Å². The van der Waals surface area contributed by atoms with E-state index in [1.165, 1.54) is 25.7 Å². The van der Waals surface area contributed by atoms with Gasteiger partial charge in [0.1, 0.15) is 6.67 Å². The van der Waals surface area contributed by atoms with Gasteiger partial charge in [-0.1, -0.05) is 26.7 Å². The standard InChI is InChI=1S/C12H25FN2/c1-3-5-11-10-15(8-7-13)12(6-4-2)9-14-11/h11-12,14H,3-10H2,1-2H3. The van der Waals surface area contributed by atoms with Gasteiger partial charge in [0.2, 0.25) is 0 Å². The summed E-state index contributed by atoms with van der Waals surface area (Å²) in [4.78, 5) is 2.33. The minimum atomic E-state index is -0.209. The number of rotatable bonds is 6. The molecule has 0 aliphatic carbocycles. The van der Waals surface area contributed by atoms with Crippen molar-refractivity contribution in [3.8, 4) is 0 Å². The fourth-order valence-electron chi connectivity index (χ4n) is 2.47. The fourth-order valence-corrected chi connectivity index (χ4v) is 2.47. The molecule has 1 fully saturated rings. The van der Waals surface area contributed by atoms with Gasteiger partial charge in [-0.25, -0.2) is 4.39 Å². The van der Waals surface area contributed by atoms with Gasteiger partial charge >= 0.3 is 0 Å². The second-order valence-electron chi connectivity index (χ2n) is 4.52. The van der Waals surface area contributed by atoms with Crippen LogP contribution in [0.4, 0.5) is 4.39 Å². The number of nitrogens with zero attached hydrogens (tertiary/aromatic N) is 1. The summed E-state index contributed by atoms with van der Waals surface area (Å²) in [7, 11) is 0. The number of alkyl halides is 1. The van der Waals surface area contributed by atoms with Gasteiger partial charge in [0.15, 0.2) is 0 Å². The lowest BCUT2D eigenvalue weighted by atomic mass is 10.0. The van der Waals surface area contributed by atoms with Crippen molar-refractivity contribution < 1.29 is 4.39 Å². The maximum absolute atomic E-state index is 12.4. The first-order valence-corrected chi connectivity index (χ1v) is 6.35. The van der Waals surface area contributed by atoms with E-state index in [-0.39, 0.29) is 6.67 Å². The lowest BCUT2D eigenvalue weighted by molar-refractivity contribution is 0.111. The van der Waals surface area contributed by atoms with Crippen molar-refractivity contribution in [2.45, 2.75) is 51.6 Å². The number of piperazine rings is 1. The molecule has 0 radical (unpaired) electrons. The molecular weight excluding hydrogens is 191 g/mol. The predicted octanol–water partition coefficient (Wildman–Crippen LogP) is 2.20. The van der Waals surface area contributed by atoms with Crippen molar-refractivity contribution in [3.63, 3.8) is 0 Å². The van der Waals surface area contributed by atoms with Crippen LogP contribution >= 0.6 is 0 Å². The molecule has 0 aromatic heterocycles. The Labute approximate surface area is 93.2 Å². The third kappa shape index (κ3) is 4.07. The molecule has 15 heavy (non-hydrogen) atoms. The van der Waals surface area contributed by atoms with E-state index in [0.29, 0.717) is 18.6 Å². The topological polar surface area (TPSA) is 15.3 Å². The summed E-state index contributed by atoms with van der Waals surface area (Å²) in [5.74, 6) is 0. The molecule has 2 unspecified atom stereocenters. The van der Waals surface area contributed by atoms with Crippen LogP contribution in [0.3, 0.4) is 0 Å². The van der Waals surface area contributed by atoms with Crippen LogP contribution in [-0.2, 0) is 0 Å². The summed E-state index contributed by atoms with van der Waals surface area (Å²) in [6.45, 7) is 6.89. The first kappa shape index (κ1) is 12.9. The molecule has 2 atom stereocenters. The first-order valence-electron chi connectivity index (χ1n) is 6.35. The first-order chi connectivity index (χ1) is 7.31. The second-order valence-corrected chi connectivity index (χ2v) is 4.52. The Balaban J connectivity index is 2.41. The molecule has 0 spiro atoms. The van der Waals surface area contributed by atoms with Gasteiger partial charge in [0.05, 0.1) is 0 Å². The van der Waals surface area contributed by atoms with Gasteiger partial charge in [-0.15, -0.1) is 0 Å². The van der Waals surface area contributed by atoms with Crippen LogP contribution in [0.1, 0.15) is 39.5 Å². The van der Waals surface area contributed by atoms with Crippen molar-refractivity contribution >= 4 is 0 Å². The van der Waals surface area contributed by atoms with Gasteiger partial charge in [0.25, 0.3) is 0 Å². The van der Waals surface area contributed by atoms with E-state index in [2.05, 4.69) is 24.1 Å². The van der Waals surface area contributed by atoms with E-state index < -0.39 is 0 Å². The third-order valence-electron chi connectivity index (χ3n) is 3.24. The van der Waals surface area contributed by atoms with Gasteiger partial charge < -0.3 is 5.32 Å². The van der Waals surface area contributed by atoms with E-state index in [9.17, 15) is 4.39 Å². The van der Waals surface area contributed by atoms with Gasteiger partial charge in [0, 0.05) is 31.7 Å². The summed E-state index contributed by atoms with van der Waals surface area (Å²) in [5, 5.41) is 3.58. The molecule has 1 rings (SSSR count). The molecular formula is C12H25FN2. The van der Waals surface area contributed by atoms with E-state index in [1.807, 2.05) is 0 Å². The molecule has 1 aliphatic rings. The zero-order valence-electron chi connectivity index (χ0n) is 10.1. The Hall–Kier alpha value is -0.150. The summed E-state index contributed by atoms with van der Waals surface area (Å²) in [6, 6.07) is 1.13. The Morgan fingerprint density at radius 3 is 2.60 bits per heavy atom. The van der Waals surface area contributed by atoms with Crippen LogP contribution in [0.5, 0.6) is 0 Å². The normalized spacial score (nSPS) is 28.2. The third-order valence-corrected chi connectivity index (χ3v) is 3.24. The molecule has 0 aromatic rings. The van der Waals surface area contributed by atoms with E-state index in [1.54, 1.807) is 0 Å². The minimum Gasteiger partial charge on any atom is -0.311 e. The molecule has 1 aliphatic heterocycles. The predicted molar refractivity (Wildman–Crippen MR) is 62.9 cm³/mol. The fraction of sp³-hybridized carbons (Fsp3) is 1.00. The summed E-state index contributed by atoms with van der Waals surface area (Å²) in [6.07, 6.45) is 4.79. The Bertz CT molecular complexity index is 164. The maximum atomic E-state index is 12.4. The van der Waals surface area contributed by atoms with Crippen LogP contribution in [-0.4, -0.2) is 43.3 Å². The molecule has 1 N–H and O–H groups in total.